The van der Waals surface area contributed by atoms with Gasteiger partial charge in [-0.15, -0.1) is 0 Å². The van der Waals surface area contributed by atoms with Gasteiger partial charge in [0.15, 0.2) is 5.96 Å². The Bertz CT molecular complexity index is 2400. The molecular formula is C56H91N13O12. The zero-order valence-electron chi connectivity index (χ0n) is 48.4. The molecule has 0 saturated carbocycles. The summed E-state index contributed by atoms with van der Waals surface area (Å²) in [4.78, 5) is 128. The average Bonchev–Trinajstić information content (AvgIpc) is 3.40. The van der Waals surface area contributed by atoms with E-state index in [0.717, 1.165) is 0 Å². The Hall–Kier alpha value is -7.54. The Morgan fingerprint density at radius 2 is 0.864 bits per heavy atom. The van der Waals surface area contributed by atoms with Crippen molar-refractivity contribution < 1.29 is 58.5 Å². The van der Waals surface area contributed by atoms with E-state index in [1.165, 1.54) is 43.3 Å². The minimum Gasteiger partial charge on any atom is -0.508 e. The number of nitrogens with two attached hydrogens (primary N) is 4. The number of nitrogens with one attached hydrogen (secondary N) is 8. The Kier molecular flexibility index (Phi) is 30.3. The van der Waals surface area contributed by atoms with Crippen molar-refractivity contribution in [2.24, 2.45) is 51.6 Å². The third kappa shape index (κ3) is 26.5. The van der Waals surface area contributed by atoms with Crippen LogP contribution < -0.4 is 65.5 Å². The molecule has 25 nitrogen and oxygen atoms in total. The second-order valence-corrected chi connectivity index (χ2v) is 22.1. The standard InChI is InChI=1S/C56H91N13O12/c1-30(2)25-39(58)48(73)65-42(26-31(3)4)52(77)66-43(28-35-15-19-37(70)20-16-35)51(76)62-34(9)47(72)69-46(33(7)8)54(79)67-44(29-36-17-21-38(71)22-18-36)53(78)64-41(14-12-24-61-56(59)60)49(74)63-40(13-10-11-23-57)50(75)68-45(55(80)81)27-32(5)6/h15-22,30-34,39-46,70-71H,10-14,23-29,57-58H2,1-9H3,(H,62,76)(H,63,74)(H,64,78)(H,65,73)(H,66,77)(H,67,79)(H,68,75)(H,69,72)(H,80,81)(H4,59,60,61)/t34-,39-,40-,41-,42-,43-,44-,45-,46-/m0/s1. The Morgan fingerprint density at radius 1 is 0.469 bits per heavy atom. The predicted molar refractivity (Wildman–Crippen MR) is 306 cm³/mol. The van der Waals surface area contributed by atoms with Crippen molar-refractivity contribution in [2.75, 3.05) is 13.1 Å². The normalized spacial score (nSPS) is 14.7. The lowest BCUT2D eigenvalue weighted by atomic mass is 9.99. The van der Waals surface area contributed by atoms with Crippen LogP contribution in [0.3, 0.4) is 0 Å². The number of carbonyl (C=O) groups is 9. The van der Waals surface area contributed by atoms with Crippen molar-refractivity contribution in [1.29, 1.82) is 0 Å². The summed E-state index contributed by atoms with van der Waals surface area (Å²) in [5.74, 6) is -8.39. The highest BCUT2D eigenvalue weighted by molar-refractivity contribution is 5.98. The fourth-order valence-electron chi connectivity index (χ4n) is 8.52. The number of aliphatic carboxylic acids is 1. The van der Waals surface area contributed by atoms with Gasteiger partial charge in [0.25, 0.3) is 0 Å². The number of hydrogen-bond donors (Lipinski definition) is 15. The molecular weight excluding hydrogens is 1050 g/mol. The highest BCUT2D eigenvalue weighted by Crippen LogP contribution is 2.16. The molecule has 452 valence electrons. The predicted octanol–water partition coefficient (Wildman–Crippen LogP) is 0.170. The van der Waals surface area contributed by atoms with Crippen molar-refractivity contribution in [1.82, 2.24) is 42.5 Å². The maximum absolute atomic E-state index is 14.5. The quantitative estimate of drug-likeness (QED) is 0.0246. The molecule has 19 N–H and O–H groups in total. The van der Waals surface area contributed by atoms with Crippen molar-refractivity contribution in [3.05, 3.63) is 59.7 Å². The fourth-order valence-corrected chi connectivity index (χ4v) is 8.52. The molecule has 2 rings (SSSR count). The Morgan fingerprint density at radius 3 is 1.31 bits per heavy atom. The van der Waals surface area contributed by atoms with E-state index in [2.05, 4.69) is 47.5 Å². The number of carbonyl (C=O) groups excluding carboxylic acids is 8. The van der Waals surface area contributed by atoms with Crippen LogP contribution in [-0.2, 0) is 56.0 Å². The van der Waals surface area contributed by atoms with E-state index in [9.17, 15) is 58.5 Å². The van der Waals surface area contributed by atoms with Crippen LogP contribution in [0.2, 0.25) is 0 Å². The van der Waals surface area contributed by atoms with E-state index in [1.807, 2.05) is 27.7 Å². The van der Waals surface area contributed by atoms with Crippen LogP contribution in [0, 0.1) is 23.7 Å². The van der Waals surface area contributed by atoms with Crippen LogP contribution in [-0.4, -0.2) is 142 Å². The number of benzene rings is 2. The van der Waals surface area contributed by atoms with E-state index in [-0.39, 0.29) is 93.2 Å². The number of hydrogen-bond acceptors (Lipinski definition) is 14. The van der Waals surface area contributed by atoms with Gasteiger partial charge in [-0.25, -0.2) is 4.79 Å². The molecule has 25 heteroatoms. The summed E-state index contributed by atoms with van der Waals surface area (Å²) >= 11 is 0. The molecule has 0 fully saturated rings. The Balaban J connectivity index is 2.48. The SMILES string of the molecule is CC(C)C[C@H](NC(=O)[C@H](CCCCN)NC(=O)[C@H](CCCN=C(N)N)NC(=O)[C@H](Cc1ccc(O)cc1)NC(=O)[C@@H](NC(=O)[C@H](C)NC(=O)[C@H](Cc1ccc(O)cc1)NC(=O)[C@H](CC(C)C)NC(=O)[C@@H](N)CC(C)C)C(C)C)C(=O)O. The summed E-state index contributed by atoms with van der Waals surface area (Å²) in [5.41, 5.74) is 23.9. The van der Waals surface area contributed by atoms with Crippen molar-refractivity contribution in [3.63, 3.8) is 0 Å². The summed E-state index contributed by atoms with van der Waals surface area (Å²) in [7, 11) is 0. The van der Waals surface area contributed by atoms with Crippen LogP contribution in [0.1, 0.15) is 125 Å². The van der Waals surface area contributed by atoms with Gasteiger partial charge in [0.1, 0.15) is 59.8 Å². The monoisotopic (exact) mass is 1140 g/mol. The molecule has 0 unspecified atom stereocenters. The smallest absolute Gasteiger partial charge is 0.326 e. The number of carboxylic acids is 1. The highest BCUT2D eigenvalue weighted by Gasteiger charge is 2.36. The minimum absolute atomic E-state index is 0.0386. The van der Waals surface area contributed by atoms with Crippen LogP contribution in [0.5, 0.6) is 11.5 Å². The fraction of sp³-hybridized carbons (Fsp3) is 0.607. The molecule has 0 saturated heterocycles. The van der Waals surface area contributed by atoms with Crippen molar-refractivity contribution >= 4 is 59.2 Å². The number of nitrogens with zero attached hydrogens (tertiary/aromatic N) is 1. The largest absolute Gasteiger partial charge is 0.508 e. The number of aliphatic imine (C=N–C) groups is 1. The molecule has 81 heavy (non-hydrogen) atoms. The minimum atomic E-state index is -1.44. The molecule has 2 aromatic carbocycles. The summed E-state index contributed by atoms with van der Waals surface area (Å²) < 4.78 is 0. The van der Waals surface area contributed by atoms with Gasteiger partial charge in [-0.3, -0.25) is 43.3 Å². The van der Waals surface area contributed by atoms with Gasteiger partial charge in [-0.05, 0) is 124 Å². The first kappa shape index (κ1) is 69.6. The van der Waals surface area contributed by atoms with E-state index < -0.39 is 114 Å². The molecule has 8 amide bonds. The van der Waals surface area contributed by atoms with Gasteiger partial charge in [0.05, 0.1) is 6.04 Å². The average molecular weight is 1140 g/mol. The number of guanidine groups is 1. The van der Waals surface area contributed by atoms with E-state index >= 15 is 0 Å². The number of aromatic hydroxyl groups is 2. The molecule has 0 spiro atoms. The van der Waals surface area contributed by atoms with Crippen LogP contribution >= 0.6 is 0 Å². The first-order valence-corrected chi connectivity index (χ1v) is 27.7. The van der Waals surface area contributed by atoms with Gasteiger partial charge in [0.2, 0.25) is 47.3 Å². The number of amides is 8. The molecule has 0 radical (unpaired) electrons. The maximum atomic E-state index is 14.5. The third-order valence-corrected chi connectivity index (χ3v) is 12.9. The molecule has 0 heterocycles. The lowest BCUT2D eigenvalue weighted by molar-refractivity contribution is -0.143. The summed E-state index contributed by atoms with van der Waals surface area (Å²) in [5, 5.41) is 51.1. The van der Waals surface area contributed by atoms with E-state index in [0.29, 0.717) is 30.4 Å². The molecule has 0 aliphatic heterocycles. The first-order valence-electron chi connectivity index (χ1n) is 27.7. The second kappa shape index (κ2) is 35.2. The number of carboxylic acid groups (broad SMARTS) is 1. The summed E-state index contributed by atoms with van der Waals surface area (Å²) in [6, 6.07) is 0.450. The van der Waals surface area contributed by atoms with Gasteiger partial charge in [0, 0.05) is 19.4 Å². The second-order valence-electron chi connectivity index (χ2n) is 22.1. The van der Waals surface area contributed by atoms with Gasteiger partial charge in [-0.2, -0.15) is 0 Å². The zero-order chi connectivity index (χ0) is 61.1. The first-order chi connectivity index (χ1) is 38.0. The van der Waals surface area contributed by atoms with Crippen LogP contribution in [0.15, 0.2) is 53.5 Å². The number of phenols is 2. The van der Waals surface area contributed by atoms with E-state index in [4.69, 9.17) is 22.9 Å². The summed E-state index contributed by atoms with van der Waals surface area (Å²) in [6.07, 6.45) is 1.41. The van der Waals surface area contributed by atoms with Crippen LogP contribution in [0.4, 0.5) is 0 Å². The maximum Gasteiger partial charge on any atom is 0.326 e. The molecule has 2 aromatic rings. The van der Waals surface area contributed by atoms with Crippen LogP contribution in [0.25, 0.3) is 0 Å². The number of unbranched alkanes of at least 4 members (excludes halogenated alkanes) is 1. The Labute approximate surface area is 475 Å². The molecule has 9 atom stereocenters. The molecule has 0 bridgehead atoms. The lowest BCUT2D eigenvalue weighted by Crippen LogP contribution is -2.61. The molecule has 0 aromatic heterocycles. The van der Waals surface area contributed by atoms with Crippen molar-refractivity contribution in [3.8, 4) is 11.5 Å². The molecule has 0 aliphatic rings. The van der Waals surface area contributed by atoms with E-state index in [1.54, 1.807) is 39.8 Å². The molecule has 0 aliphatic carbocycles. The third-order valence-electron chi connectivity index (χ3n) is 12.9. The zero-order valence-corrected chi connectivity index (χ0v) is 48.4. The van der Waals surface area contributed by atoms with Gasteiger partial charge < -0.3 is 80.8 Å². The lowest BCUT2D eigenvalue weighted by Gasteiger charge is -2.29. The van der Waals surface area contributed by atoms with Crippen molar-refractivity contribution in [2.45, 2.75) is 181 Å². The summed E-state index contributed by atoms with van der Waals surface area (Å²) in [6.45, 7) is 16.1. The topological polar surface area (TPSA) is 427 Å². The number of phenolic OH excluding ortho intramolecular Hbond substituents is 2. The number of rotatable bonds is 36. The highest BCUT2D eigenvalue weighted by atomic mass is 16.4. The van der Waals surface area contributed by atoms with Gasteiger partial charge in [-0.1, -0.05) is 79.7 Å². The van der Waals surface area contributed by atoms with Gasteiger partial charge >= 0.3 is 5.97 Å².